The number of phenols is 1. The van der Waals surface area contributed by atoms with Crippen LogP contribution < -0.4 is 10.1 Å². The van der Waals surface area contributed by atoms with Crippen LogP contribution in [0, 0.1) is 17.1 Å². The summed E-state index contributed by atoms with van der Waals surface area (Å²) in [6.45, 7) is 1.81. The summed E-state index contributed by atoms with van der Waals surface area (Å²) in [4.78, 5) is 0. The summed E-state index contributed by atoms with van der Waals surface area (Å²) in [5, 5.41) is 22.0. The monoisotopic (exact) mass is 286 g/mol. The molecule has 0 aliphatic rings. The Labute approximate surface area is 122 Å². The Morgan fingerprint density at radius 1 is 1.33 bits per heavy atom. The van der Waals surface area contributed by atoms with E-state index < -0.39 is 5.82 Å². The highest BCUT2D eigenvalue weighted by Gasteiger charge is 2.15. The number of anilines is 1. The Bertz CT molecular complexity index is 695. The van der Waals surface area contributed by atoms with Gasteiger partial charge in [-0.15, -0.1) is 0 Å². The lowest BCUT2D eigenvalue weighted by Gasteiger charge is -2.18. The van der Waals surface area contributed by atoms with Gasteiger partial charge in [-0.3, -0.25) is 0 Å². The molecule has 5 heteroatoms. The van der Waals surface area contributed by atoms with Crippen molar-refractivity contribution in [2.75, 3.05) is 12.4 Å². The molecular formula is C16H15FN2O2. The fourth-order valence-electron chi connectivity index (χ4n) is 2.08. The summed E-state index contributed by atoms with van der Waals surface area (Å²) in [6, 6.07) is 10.8. The van der Waals surface area contributed by atoms with Gasteiger partial charge in [0.2, 0.25) is 0 Å². The van der Waals surface area contributed by atoms with Crippen molar-refractivity contribution in [3.63, 3.8) is 0 Å². The topological polar surface area (TPSA) is 65.3 Å². The van der Waals surface area contributed by atoms with E-state index in [4.69, 9.17) is 10.00 Å². The molecule has 0 aliphatic heterocycles. The molecule has 0 saturated carbocycles. The lowest BCUT2D eigenvalue weighted by molar-refractivity contribution is 0.410. The Kier molecular flexibility index (Phi) is 4.29. The molecule has 0 aromatic heterocycles. The van der Waals surface area contributed by atoms with E-state index in [-0.39, 0.29) is 17.4 Å². The second-order valence-corrected chi connectivity index (χ2v) is 4.56. The predicted molar refractivity (Wildman–Crippen MR) is 77.8 cm³/mol. The van der Waals surface area contributed by atoms with Crippen molar-refractivity contribution >= 4 is 5.69 Å². The van der Waals surface area contributed by atoms with E-state index in [0.29, 0.717) is 17.0 Å². The van der Waals surface area contributed by atoms with Crippen LogP contribution in [-0.2, 0) is 0 Å². The van der Waals surface area contributed by atoms with Gasteiger partial charge in [-0.25, -0.2) is 4.39 Å². The molecule has 0 fully saturated rings. The third-order valence-corrected chi connectivity index (χ3v) is 3.20. The highest BCUT2D eigenvalue weighted by molar-refractivity contribution is 5.59. The van der Waals surface area contributed by atoms with Crippen LogP contribution in [-0.4, -0.2) is 12.2 Å². The molecule has 4 nitrogen and oxygen atoms in total. The highest BCUT2D eigenvalue weighted by Crippen LogP contribution is 2.31. The number of nitrogens with zero attached hydrogens (tertiary/aromatic N) is 1. The van der Waals surface area contributed by atoms with Crippen molar-refractivity contribution in [1.82, 2.24) is 0 Å². The zero-order chi connectivity index (χ0) is 15.4. The average Bonchev–Trinajstić information content (AvgIpc) is 2.48. The number of ether oxygens (including phenoxy) is 1. The molecule has 2 aromatic carbocycles. The normalized spacial score (nSPS) is 11.5. The first-order valence-electron chi connectivity index (χ1n) is 6.39. The van der Waals surface area contributed by atoms with Crippen molar-refractivity contribution in [3.05, 3.63) is 53.3 Å². The van der Waals surface area contributed by atoms with Crippen LogP contribution in [0.3, 0.4) is 0 Å². The minimum atomic E-state index is -0.579. The maximum atomic E-state index is 13.6. The number of phenolic OH excluding ortho intramolecular Hbond substituents is 1. The molecule has 1 atom stereocenters. The molecule has 1 unspecified atom stereocenters. The molecule has 2 aromatic rings. The molecule has 2 N–H and O–H groups in total. The molecule has 0 amide bonds. The Morgan fingerprint density at radius 2 is 2.10 bits per heavy atom. The van der Waals surface area contributed by atoms with Crippen LogP contribution in [0.1, 0.15) is 24.1 Å². The van der Waals surface area contributed by atoms with Gasteiger partial charge in [0.25, 0.3) is 0 Å². The van der Waals surface area contributed by atoms with Crippen molar-refractivity contribution < 1.29 is 14.2 Å². The van der Waals surface area contributed by atoms with Crippen molar-refractivity contribution in [2.24, 2.45) is 0 Å². The number of rotatable bonds is 4. The van der Waals surface area contributed by atoms with Crippen LogP contribution in [0.5, 0.6) is 11.5 Å². The standard InChI is InChI=1S/C16H15FN2O2/c1-10(12-8-11(21-2)6-7-16(12)20)19-15-5-3-4-14(17)13(15)9-18/h3-8,10,19-20H,1-2H3. The maximum Gasteiger partial charge on any atom is 0.143 e. The van der Waals surface area contributed by atoms with E-state index in [1.165, 1.54) is 25.3 Å². The van der Waals surface area contributed by atoms with E-state index in [1.807, 2.05) is 6.07 Å². The molecule has 108 valence electrons. The largest absolute Gasteiger partial charge is 0.508 e. The van der Waals surface area contributed by atoms with Crippen LogP contribution in [0.2, 0.25) is 0 Å². The predicted octanol–water partition coefficient (Wildman–Crippen LogP) is 3.58. The Hall–Kier alpha value is -2.74. The van der Waals surface area contributed by atoms with E-state index in [0.717, 1.165) is 0 Å². The van der Waals surface area contributed by atoms with Gasteiger partial charge in [0.05, 0.1) is 18.8 Å². The van der Waals surface area contributed by atoms with Gasteiger partial charge in [0, 0.05) is 5.56 Å². The second kappa shape index (κ2) is 6.14. The number of halogens is 1. The van der Waals surface area contributed by atoms with Crippen LogP contribution >= 0.6 is 0 Å². The van der Waals surface area contributed by atoms with Crippen LogP contribution in [0.4, 0.5) is 10.1 Å². The van der Waals surface area contributed by atoms with Gasteiger partial charge in [-0.05, 0) is 37.3 Å². The van der Waals surface area contributed by atoms with E-state index >= 15 is 0 Å². The number of hydrogen-bond acceptors (Lipinski definition) is 4. The third kappa shape index (κ3) is 3.06. The smallest absolute Gasteiger partial charge is 0.143 e. The zero-order valence-electron chi connectivity index (χ0n) is 11.7. The number of methoxy groups -OCH3 is 1. The van der Waals surface area contributed by atoms with Gasteiger partial charge in [0.15, 0.2) is 0 Å². The molecular weight excluding hydrogens is 271 g/mol. The number of benzene rings is 2. The molecule has 0 radical (unpaired) electrons. The lowest BCUT2D eigenvalue weighted by Crippen LogP contribution is -2.09. The summed E-state index contributed by atoms with van der Waals surface area (Å²) < 4.78 is 18.7. The molecule has 0 aliphatic carbocycles. The van der Waals surface area contributed by atoms with Gasteiger partial charge in [-0.1, -0.05) is 6.07 Å². The molecule has 21 heavy (non-hydrogen) atoms. The summed E-state index contributed by atoms with van der Waals surface area (Å²) in [5.41, 5.74) is 0.932. The van der Waals surface area contributed by atoms with Gasteiger partial charge in [-0.2, -0.15) is 5.26 Å². The van der Waals surface area contributed by atoms with Crippen molar-refractivity contribution in [1.29, 1.82) is 5.26 Å². The number of nitriles is 1. The fraction of sp³-hybridized carbons (Fsp3) is 0.188. The quantitative estimate of drug-likeness (QED) is 0.901. The maximum absolute atomic E-state index is 13.6. The first-order valence-corrected chi connectivity index (χ1v) is 6.39. The second-order valence-electron chi connectivity index (χ2n) is 4.56. The fourth-order valence-corrected chi connectivity index (χ4v) is 2.08. The van der Waals surface area contributed by atoms with E-state index in [9.17, 15) is 9.50 Å². The molecule has 0 heterocycles. The molecule has 0 saturated heterocycles. The van der Waals surface area contributed by atoms with Crippen LogP contribution in [0.15, 0.2) is 36.4 Å². The van der Waals surface area contributed by atoms with E-state index in [1.54, 1.807) is 25.1 Å². The Morgan fingerprint density at radius 3 is 2.76 bits per heavy atom. The SMILES string of the molecule is COc1ccc(O)c(C(C)Nc2cccc(F)c2C#N)c1. The van der Waals surface area contributed by atoms with Gasteiger partial charge < -0.3 is 15.2 Å². The number of hydrogen-bond donors (Lipinski definition) is 2. The minimum Gasteiger partial charge on any atom is -0.508 e. The van der Waals surface area contributed by atoms with Crippen molar-refractivity contribution in [3.8, 4) is 17.6 Å². The zero-order valence-corrected chi connectivity index (χ0v) is 11.7. The molecule has 2 rings (SSSR count). The highest BCUT2D eigenvalue weighted by atomic mass is 19.1. The van der Waals surface area contributed by atoms with Crippen LogP contribution in [0.25, 0.3) is 0 Å². The summed E-state index contributed by atoms with van der Waals surface area (Å²) in [5.74, 6) is 0.131. The summed E-state index contributed by atoms with van der Waals surface area (Å²) >= 11 is 0. The van der Waals surface area contributed by atoms with Crippen molar-refractivity contribution in [2.45, 2.75) is 13.0 Å². The molecule has 0 bridgehead atoms. The summed E-state index contributed by atoms with van der Waals surface area (Å²) in [6.07, 6.45) is 0. The van der Waals surface area contributed by atoms with E-state index in [2.05, 4.69) is 5.32 Å². The third-order valence-electron chi connectivity index (χ3n) is 3.20. The first-order chi connectivity index (χ1) is 10.1. The Balaban J connectivity index is 2.33. The van der Waals surface area contributed by atoms with Gasteiger partial charge >= 0.3 is 0 Å². The average molecular weight is 286 g/mol. The number of nitrogens with one attached hydrogen (secondary N) is 1. The first kappa shape index (κ1) is 14.7. The summed E-state index contributed by atoms with van der Waals surface area (Å²) in [7, 11) is 1.54. The molecule has 0 spiro atoms. The number of aromatic hydroxyl groups is 1. The lowest BCUT2D eigenvalue weighted by atomic mass is 10.1. The minimum absolute atomic E-state index is 0.0493. The van der Waals surface area contributed by atoms with Gasteiger partial charge in [0.1, 0.15) is 28.9 Å².